The molecule has 0 unspecified atom stereocenters. The second-order valence-electron chi connectivity index (χ2n) is 4.78. The molecule has 0 saturated heterocycles. The lowest BCUT2D eigenvalue weighted by Gasteiger charge is -2.14. The Morgan fingerprint density at radius 2 is 2.00 bits per heavy atom. The number of nitrogens with zero attached hydrogens (tertiary/aromatic N) is 3. The molecule has 1 heterocycles. The van der Waals surface area contributed by atoms with Crippen LogP contribution in [0, 0.1) is 5.92 Å². The van der Waals surface area contributed by atoms with Crippen molar-refractivity contribution < 1.29 is 9.32 Å². The normalized spacial score (nSPS) is 16.1. The van der Waals surface area contributed by atoms with Crippen molar-refractivity contribution in [1.82, 2.24) is 10.1 Å². The maximum Gasteiger partial charge on any atom is 0.266 e. The lowest BCUT2D eigenvalue weighted by atomic mass is 10.0. The first-order valence-corrected chi connectivity index (χ1v) is 6.84. The van der Waals surface area contributed by atoms with E-state index in [-0.39, 0.29) is 11.7 Å². The smallest absolute Gasteiger partial charge is 0.266 e. The molecule has 100 valence electrons. The fourth-order valence-electron chi connectivity index (χ4n) is 2.49. The van der Waals surface area contributed by atoms with Gasteiger partial charge in [0.1, 0.15) is 5.78 Å². The van der Waals surface area contributed by atoms with E-state index in [0.717, 1.165) is 25.9 Å². The van der Waals surface area contributed by atoms with Gasteiger partial charge in [-0.15, -0.1) is 0 Å². The molecule has 0 atom stereocenters. The van der Waals surface area contributed by atoms with Crippen LogP contribution in [0.5, 0.6) is 0 Å². The molecular weight excluding hydrogens is 230 g/mol. The molecule has 1 fully saturated rings. The molecule has 1 aromatic heterocycles. The van der Waals surface area contributed by atoms with Gasteiger partial charge in [0.2, 0.25) is 5.89 Å². The number of hydrogen-bond donors (Lipinski definition) is 0. The fourth-order valence-corrected chi connectivity index (χ4v) is 2.49. The molecule has 0 radical (unpaired) electrons. The summed E-state index contributed by atoms with van der Waals surface area (Å²) in [5.74, 6) is 1.51. The molecule has 1 aliphatic carbocycles. The van der Waals surface area contributed by atoms with Gasteiger partial charge in [-0.05, 0) is 31.8 Å². The summed E-state index contributed by atoms with van der Waals surface area (Å²) in [5, 5.41) is 3.93. The monoisotopic (exact) mass is 251 g/mol. The molecule has 1 aromatic rings. The molecular formula is C13H21N3O2. The van der Waals surface area contributed by atoms with Gasteiger partial charge < -0.3 is 9.42 Å². The SMILES string of the molecule is CCN(CC)c1noc(CC(=O)C2CCCC2)n1. The van der Waals surface area contributed by atoms with Crippen molar-refractivity contribution in [1.29, 1.82) is 0 Å². The van der Waals surface area contributed by atoms with E-state index in [9.17, 15) is 4.79 Å². The van der Waals surface area contributed by atoms with Gasteiger partial charge >= 0.3 is 0 Å². The van der Waals surface area contributed by atoms with Gasteiger partial charge in [-0.25, -0.2) is 0 Å². The molecule has 1 aliphatic rings. The zero-order valence-corrected chi connectivity index (χ0v) is 11.2. The van der Waals surface area contributed by atoms with Gasteiger partial charge in [-0.3, -0.25) is 4.79 Å². The number of Topliss-reactive ketones (excluding diaryl/α,β-unsaturated/α-hetero) is 1. The minimum Gasteiger partial charge on any atom is -0.339 e. The highest BCUT2D eigenvalue weighted by Gasteiger charge is 2.24. The number of carbonyl (C=O) groups excluding carboxylic acids is 1. The van der Waals surface area contributed by atoms with Gasteiger partial charge in [-0.2, -0.15) is 4.98 Å². The molecule has 1 saturated carbocycles. The predicted octanol–water partition coefficient (Wildman–Crippen LogP) is 2.22. The second-order valence-corrected chi connectivity index (χ2v) is 4.78. The average Bonchev–Trinajstić information content (AvgIpc) is 3.01. The third kappa shape index (κ3) is 2.89. The van der Waals surface area contributed by atoms with Gasteiger partial charge in [0, 0.05) is 19.0 Å². The number of hydrogen-bond acceptors (Lipinski definition) is 5. The van der Waals surface area contributed by atoms with Crippen LogP contribution in [0.25, 0.3) is 0 Å². The van der Waals surface area contributed by atoms with Crippen LogP contribution < -0.4 is 4.90 Å². The third-order valence-electron chi connectivity index (χ3n) is 3.64. The molecule has 0 spiro atoms. The Balaban J connectivity index is 1.95. The van der Waals surface area contributed by atoms with Crippen molar-refractivity contribution in [2.45, 2.75) is 46.0 Å². The van der Waals surface area contributed by atoms with Crippen molar-refractivity contribution >= 4 is 11.7 Å². The van der Waals surface area contributed by atoms with Crippen molar-refractivity contribution in [3.8, 4) is 0 Å². The van der Waals surface area contributed by atoms with E-state index >= 15 is 0 Å². The lowest BCUT2D eigenvalue weighted by Crippen LogP contribution is -2.23. The van der Waals surface area contributed by atoms with Crippen molar-refractivity contribution in [2.75, 3.05) is 18.0 Å². The molecule has 0 N–H and O–H groups in total. The molecule has 5 heteroatoms. The zero-order valence-electron chi connectivity index (χ0n) is 11.2. The largest absolute Gasteiger partial charge is 0.339 e. The summed E-state index contributed by atoms with van der Waals surface area (Å²) in [7, 11) is 0. The molecule has 0 aliphatic heterocycles. The van der Waals surface area contributed by atoms with Crippen LogP contribution in [0.1, 0.15) is 45.4 Å². The van der Waals surface area contributed by atoms with Crippen LogP contribution in [-0.2, 0) is 11.2 Å². The molecule has 0 bridgehead atoms. The van der Waals surface area contributed by atoms with E-state index in [2.05, 4.69) is 10.1 Å². The van der Waals surface area contributed by atoms with Crippen LogP contribution in [-0.4, -0.2) is 29.0 Å². The second kappa shape index (κ2) is 5.98. The Bertz CT molecular complexity index is 393. The highest BCUT2D eigenvalue weighted by Crippen LogP contribution is 2.26. The fraction of sp³-hybridized carbons (Fsp3) is 0.769. The first kappa shape index (κ1) is 13.1. The van der Waals surface area contributed by atoms with E-state index in [1.807, 2.05) is 18.7 Å². The van der Waals surface area contributed by atoms with Gasteiger partial charge in [0.25, 0.3) is 5.95 Å². The Morgan fingerprint density at radius 3 is 2.61 bits per heavy atom. The molecule has 0 amide bonds. The molecule has 0 aromatic carbocycles. The van der Waals surface area contributed by atoms with E-state index in [1.54, 1.807) is 0 Å². The first-order chi connectivity index (χ1) is 8.74. The van der Waals surface area contributed by atoms with Gasteiger partial charge in [0.05, 0.1) is 6.42 Å². The van der Waals surface area contributed by atoms with E-state index in [1.165, 1.54) is 12.8 Å². The molecule has 2 rings (SSSR count). The highest BCUT2D eigenvalue weighted by atomic mass is 16.5. The van der Waals surface area contributed by atoms with E-state index in [4.69, 9.17) is 4.52 Å². The summed E-state index contributed by atoms with van der Waals surface area (Å²) in [6.45, 7) is 5.77. The van der Waals surface area contributed by atoms with Gasteiger partial charge in [-0.1, -0.05) is 12.8 Å². The maximum atomic E-state index is 12.0. The summed E-state index contributed by atoms with van der Waals surface area (Å²) in [5.41, 5.74) is 0. The summed E-state index contributed by atoms with van der Waals surface area (Å²) >= 11 is 0. The summed E-state index contributed by atoms with van der Waals surface area (Å²) in [4.78, 5) is 18.3. The van der Waals surface area contributed by atoms with Crippen LogP contribution in [0.4, 0.5) is 5.95 Å². The van der Waals surface area contributed by atoms with Crippen LogP contribution in [0.15, 0.2) is 4.52 Å². The van der Waals surface area contributed by atoms with Crippen LogP contribution >= 0.6 is 0 Å². The number of rotatable bonds is 6. The van der Waals surface area contributed by atoms with Crippen molar-refractivity contribution in [3.05, 3.63) is 5.89 Å². The number of ketones is 1. The van der Waals surface area contributed by atoms with Crippen molar-refractivity contribution in [3.63, 3.8) is 0 Å². The minimum atomic E-state index is 0.216. The Labute approximate surface area is 108 Å². The number of carbonyl (C=O) groups is 1. The lowest BCUT2D eigenvalue weighted by molar-refractivity contribution is -0.122. The summed E-state index contributed by atoms with van der Waals surface area (Å²) in [6, 6.07) is 0. The van der Waals surface area contributed by atoms with Gasteiger partial charge in [0.15, 0.2) is 0 Å². The standard InChI is InChI=1S/C13H21N3O2/c1-3-16(4-2)13-14-12(18-15-13)9-11(17)10-7-5-6-8-10/h10H,3-9H2,1-2H3. The highest BCUT2D eigenvalue weighted by molar-refractivity contribution is 5.82. The van der Waals surface area contributed by atoms with Crippen LogP contribution in [0.2, 0.25) is 0 Å². The average molecular weight is 251 g/mol. The predicted molar refractivity (Wildman–Crippen MR) is 68.5 cm³/mol. The molecule has 18 heavy (non-hydrogen) atoms. The zero-order chi connectivity index (χ0) is 13.0. The molecule has 5 nitrogen and oxygen atoms in total. The topological polar surface area (TPSA) is 59.2 Å². The number of aromatic nitrogens is 2. The Hall–Kier alpha value is -1.39. The van der Waals surface area contributed by atoms with E-state index in [0.29, 0.717) is 18.3 Å². The summed E-state index contributed by atoms with van der Waals surface area (Å²) in [6.07, 6.45) is 4.68. The quantitative estimate of drug-likeness (QED) is 0.775. The van der Waals surface area contributed by atoms with Crippen LogP contribution in [0.3, 0.4) is 0 Å². The maximum absolute atomic E-state index is 12.0. The van der Waals surface area contributed by atoms with Crippen molar-refractivity contribution in [2.24, 2.45) is 5.92 Å². The number of anilines is 1. The Kier molecular flexibility index (Phi) is 4.33. The summed E-state index contributed by atoms with van der Waals surface area (Å²) < 4.78 is 5.16. The Morgan fingerprint density at radius 1 is 1.33 bits per heavy atom. The van der Waals surface area contributed by atoms with E-state index < -0.39 is 0 Å². The minimum absolute atomic E-state index is 0.216. The first-order valence-electron chi connectivity index (χ1n) is 6.84. The third-order valence-corrected chi connectivity index (χ3v) is 3.64.